The van der Waals surface area contributed by atoms with Crippen molar-refractivity contribution >= 4 is 45.4 Å². The van der Waals surface area contributed by atoms with Crippen molar-refractivity contribution in [2.45, 2.75) is 13.5 Å². The number of halogens is 2. The zero-order valence-corrected chi connectivity index (χ0v) is 15.3. The van der Waals surface area contributed by atoms with Gasteiger partial charge >= 0.3 is 0 Å². The molecule has 3 heterocycles. The molecular formula is C17H11Cl2N3O2S. The SMILES string of the molecule is Cc1ccc2c(Cl)cc(Cl)c(OCc3noc(-c4ccsc4)n3)c2n1. The number of hydrogen-bond donors (Lipinski definition) is 0. The van der Waals surface area contributed by atoms with E-state index in [0.29, 0.717) is 33.0 Å². The average molecular weight is 392 g/mol. The first-order valence-electron chi connectivity index (χ1n) is 7.35. The lowest BCUT2D eigenvalue weighted by Gasteiger charge is -2.11. The molecule has 8 heteroatoms. The fourth-order valence-corrected chi connectivity index (χ4v) is 3.58. The first kappa shape index (κ1) is 16.3. The van der Waals surface area contributed by atoms with Gasteiger partial charge in [0.2, 0.25) is 5.82 Å². The van der Waals surface area contributed by atoms with Crippen molar-refractivity contribution in [1.29, 1.82) is 0 Å². The monoisotopic (exact) mass is 391 g/mol. The third-order valence-corrected chi connectivity index (χ3v) is 4.84. The summed E-state index contributed by atoms with van der Waals surface area (Å²) in [7, 11) is 0. The number of benzene rings is 1. The Labute approximate surface area is 157 Å². The third-order valence-electron chi connectivity index (χ3n) is 3.56. The highest BCUT2D eigenvalue weighted by Gasteiger charge is 2.15. The van der Waals surface area contributed by atoms with Crippen LogP contribution in [0.1, 0.15) is 11.5 Å². The van der Waals surface area contributed by atoms with Crippen LogP contribution < -0.4 is 4.74 Å². The Hall–Kier alpha value is -2.15. The van der Waals surface area contributed by atoms with Gasteiger partial charge in [0.1, 0.15) is 5.52 Å². The number of thiophene rings is 1. The van der Waals surface area contributed by atoms with Crippen molar-refractivity contribution in [3.8, 4) is 17.2 Å². The molecule has 0 unspecified atom stereocenters. The molecule has 0 aliphatic rings. The van der Waals surface area contributed by atoms with E-state index < -0.39 is 0 Å². The maximum absolute atomic E-state index is 6.30. The second-order valence-corrected chi connectivity index (χ2v) is 6.93. The van der Waals surface area contributed by atoms with Crippen LogP contribution in [0.2, 0.25) is 10.0 Å². The average Bonchev–Trinajstić information content (AvgIpc) is 3.25. The zero-order valence-electron chi connectivity index (χ0n) is 13.0. The van der Waals surface area contributed by atoms with Crippen molar-refractivity contribution in [3.63, 3.8) is 0 Å². The number of fused-ring (bicyclic) bond motifs is 1. The Morgan fingerprint density at radius 2 is 2.04 bits per heavy atom. The van der Waals surface area contributed by atoms with E-state index in [2.05, 4.69) is 15.1 Å². The van der Waals surface area contributed by atoms with Crippen molar-refractivity contribution in [3.05, 3.63) is 56.6 Å². The van der Waals surface area contributed by atoms with Crippen LogP contribution in [0, 0.1) is 6.92 Å². The summed E-state index contributed by atoms with van der Waals surface area (Å²) in [5.74, 6) is 1.33. The topological polar surface area (TPSA) is 61.0 Å². The molecule has 0 aliphatic heterocycles. The Morgan fingerprint density at radius 3 is 2.84 bits per heavy atom. The zero-order chi connectivity index (χ0) is 17.4. The number of rotatable bonds is 4. The lowest BCUT2D eigenvalue weighted by molar-refractivity contribution is 0.290. The van der Waals surface area contributed by atoms with E-state index in [1.807, 2.05) is 35.9 Å². The molecule has 4 rings (SSSR count). The standard InChI is InChI=1S/C17H11Cl2N3O2S/c1-9-2-3-11-12(18)6-13(19)16(15(11)20-9)23-7-14-21-17(24-22-14)10-4-5-25-8-10/h2-6,8H,7H2,1H3. The number of nitrogens with zero attached hydrogens (tertiary/aromatic N) is 3. The molecule has 4 aromatic rings. The summed E-state index contributed by atoms with van der Waals surface area (Å²) in [5, 5.41) is 9.51. The molecule has 0 radical (unpaired) electrons. The van der Waals surface area contributed by atoms with Crippen LogP contribution in [0.25, 0.3) is 22.4 Å². The molecule has 0 spiro atoms. The van der Waals surface area contributed by atoms with Gasteiger partial charge in [0, 0.05) is 16.5 Å². The van der Waals surface area contributed by atoms with E-state index in [-0.39, 0.29) is 6.61 Å². The van der Waals surface area contributed by atoms with Crippen LogP contribution in [0.15, 0.2) is 39.5 Å². The number of pyridine rings is 1. The normalized spacial score (nSPS) is 11.2. The molecular weight excluding hydrogens is 381 g/mol. The smallest absolute Gasteiger partial charge is 0.258 e. The lowest BCUT2D eigenvalue weighted by Crippen LogP contribution is -2.00. The van der Waals surface area contributed by atoms with E-state index in [1.165, 1.54) is 0 Å². The summed E-state index contributed by atoms with van der Waals surface area (Å²) < 4.78 is 11.1. The van der Waals surface area contributed by atoms with Gasteiger partial charge < -0.3 is 9.26 Å². The van der Waals surface area contributed by atoms with Gasteiger partial charge in [-0.2, -0.15) is 16.3 Å². The molecule has 0 amide bonds. The summed E-state index contributed by atoms with van der Waals surface area (Å²) in [6.07, 6.45) is 0. The van der Waals surface area contributed by atoms with Crippen LogP contribution in [0.3, 0.4) is 0 Å². The van der Waals surface area contributed by atoms with Crippen LogP contribution in [-0.4, -0.2) is 15.1 Å². The van der Waals surface area contributed by atoms with E-state index in [9.17, 15) is 0 Å². The fraction of sp³-hybridized carbons (Fsp3) is 0.118. The molecule has 0 bridgehead atoms. The minimum Gasteiger partial charge on any atom is -0.482 e. The van der Waals surface area contributed by atoms with E-state index >= 15 is 0 Å². The molecule has 0 N–H and O–H groups in total. The van der Waals surface area contributed by atoms with Gasteiger partial charge in [-0.05, 0) is 36.6 Å². The maximum Gasteiger partial charge on any atom is 0.258 e. The number of aromatic nitrogens is 3. The van der Waals surface area contributed by atoms with Crippen molar-refractivity contribution in [2.75, 3.05) is 0 Å². The minimum atomic E-state index is 0.111. The summed E-state index contributed by atoms with van der Waals surface area (Å²) >= 11 is 14.1. The van der Waals surface area contributed by atoms with E-state index in [1.54, 1.807) is 17.4 Å². The van der Waals surface area contributed by atoms with Gasteiger partial charge in [-0.3, -0.25) is 0 Å². The Bertz CT molecular complexity index is 1050. The van der Waals surface area contributed by atoms with Crippen LogP contribution in [0.5, 0.6) is 5.75 Å². The van der Waals surface area contributed by atoms with Crippen molar-refractivity contribution in [1.82, 2.24) is 15.1 Å². The van der Waals surface area contributed by atoms with Gasteiger partial charge in [-0.15, -0.1) is 0 Å². The Balaban J connectivity index is 1.64. The van der Waals surface area contributed by atoms with Crippen molar-refractivity contribution in [2.24, 2.45) is 0 Å². The van der Waals surface area contributed by atoms with Gasteiger partial charge in [-0.25, -0.2) is 4.98 Å². The molecule has 0 saturated carbocycles. The summed E-state index contributed by atoms with van der Waals surface area (Å²) in [5.41, 5.74) is 2.34. The molecule has 5 nitrogen and oxygen atoms in total. The fourth-order valence-electron chi connectivity index (χ4n) is 2.38. The molecule has 0 saturated heterocycles. The highest BCUT2D eigenvalue weighted by Crippen LogP contribution is 2.37. The van der Waals surface area contributed by atoms with E-state index in [4.69, 9.17) is 32.5 Å². The number of aryl methyl sites for hydroxylation is 1. The van der Waals surface area contributed by atoms with E-state index in [0.717, 1.165) is 16.6 Å². The summed E-state index contributed by atoms with van der Waals surface area (Å²) in [6.45, 7) is 2.00. The molecule has 0 atom stereocenters. The number of ether oxygens (including phenoxy) is 1. The van der Waals surface area contributed by atoms with Gasteiger partial charge in [0.05, 0.1) is 15.6 Å². The maximum atomic E-state index is 6.30. The molecule has 25 heavy (non-hydrogen) atoms. The Morgan fingerprint density at radius 1 is 1.16 bits per heavy atom. The molecule has 126 valence electrons. The molecule has 0 aliphatic carbocycles. The second-order valence-electron chi connectivity index (χ2n) is 5.33. The largest absolute Gasteiger partial charge is 0.482 e. The minimum absolute atomic E-state index is 0.111. The molecule has 1 aromatic carbocycles. The third kappa shape index (κ3) is 3.20. The van der Waals surface area contributed by atoms with Crippen LogP contribution >= 0.6 is 34.5 Å². The van der Waals surface area contributed by atoms with Gasteiger partial charge in [0.15, 0.2) is 12.4 Å². The lowest BCUT2D eigenvalue weighted by atomic mass is 10.2. The predicted molar refractivity (Wildman–Crippen MR) is 98.4 cm³/mol. The molecule has 3 aromatic heterocycles. The summed E-state index contributed by atoms with van der Waals surface area (Å²) in [4.78, 5) is 8.83. The quantitative estimate of drug-likeness (QED) is 0.456. The highest BCUT2D eigenvalue weighted by atomic mass is 35.5. The van der Waals surface area contributed by atoms with Crippen LogP contribution in [0.4, 0.5) is 0 Å². The van der Waals surface area contributed by atoms with Crippen LogP contribution in [-0.2, 0) is 6.61 Å². The highest BCUT2D eigenvalue weighted by molar-refractivity contribution is 7.08. The first-order chi connectivity index (χ1) is 12.1. The molecule has 0 fully saturated rings. The first-order valence-corrected chi connectivity index (χ1v) is 9.05. The van der Waals surface area contributed by atoms with Gasteiger partial charge in [0.25, 0.3) is 5.89 Å². The number of hydrogen-bond acceptors (Lipinski definition) is 6. The summed E-state index contributed by atoms with van der Waals surface area (Å²) in [6, 6.07) is 7.34. The van der Waals surface area contributed by atoms with Crippen molar-refractivity contribution < 1.29 is 9.26 Å². The van der Waals surface area contributed by atoms with Gasteiger partial charge in [-0.1, -0.05) is 28.4 Å². The predicted octanol–water partition coefficient (Wildman–Crippen LogP) is 5.54. The Kier molecular flexibility index (Phi) is 4.33. The second kappa shape index (κ2) is 6.63.